The van der Waals surface area contributed by atoms with Gasteiger partial charge in [0.05, 0.1) is 17.7 Å². The van der Waals surface area contributed by atoms with Gasteiger partial charge in [-0.3, -0.25) is 14.9 Å². The van der Waals surface area contributed by atoms with E-state index in [0.717, 1.165) is 25.1 Å². The topological polar surface area (TPSA) is 87.8 Å². The summed E-state index contributed by atoms with van der Waals surface area (Å²) >= 11 is 0. The molecule has 0 unspecified atom stereocenters. The van der Waals surface area contributed by atoms with Crippen molar-refractivity contribution in [3.8, 4) is 0 Å². The van der Waals surface area contributed by atoms with Gasteiger partial charge in [-0.25, -0.2) is 5.43 Å². The highest BCUT2D eigenvalue weighted by Gasteiger charge is 2.18. The normalized spacial score (nSPS) is 13.5. The third-order valence-corrected chi connectivity index (χ3v) is 4.05. The third kappa shape index (κ3) is 4.20. The van der Waals surface area contributed by atoms with Gasteiger partial charge in [-0.05, 0) is 42.2 Å². The lowest BCUT2D eigenvalue weighted by Crippen LogP contribution is -2.38. The number of fused-ring (bicyclic) bond motifs is 1. The van der Waals surface area contributed by atoms with Gasteiger partial charge in [0.25, 0.3) is 11.6 Å². The van der Waals surface area contributed by atoms with E-state index < -0.39 is 4.92 Å². The van der Waals surface area contributed by atoms with Gasteiger partial charge in [0, 0.05) is 24.4 Å². The number of nitro groups is 1. The zero-order valence-electron chi connectivity index (χ0n) is 13.6. The van der Waals surface area contributed by atoms with Crippen LogP contribution in [-0.2, 0) is 11.2 Å². The molecule has 25 heavy (non-hydrogen) atoms. The molecule has 0 atom stereocenters. The molecule has 1 aliphatic rings. The van der Waals surface area contributed by atoms with Crippen LogP contribution >= 0.6 is 0 Å². The Morgan fingerprint density at radius 2 is 2.00 bits per heavy atom. The SMILES string of the molecule is O=C(CN1CCCc2ccccc21)N/N=C\c1ccc([N+](=O)[O-])cc1. The summed E-state index contributed by atoms with van der Waals surface area (Å²) in [4.78, 5) is 24.3. The van der Waals surface area contributed by atoms with E-state index in [9.17, 15) is 14.9 Å². The Hall–Kier alpha value is -3.22. The van der Waals surface area contributed by atoms with E-state index in [-0.39, 0.29) is 18.1 Å². The number of non-ortho nitro benzene ring substituents is 1. The van der Waals surface area contributed by atoms with Gasteiger partial charge in [0.1, 0.15) is 0 Å². The second-order valence-corrected chi connectivity index (χ2v) is 5.80. The van der Waals surface area contributed by atoms with Crippen LogP contribution < -0.4 is 10.3 Å². The van der Waals surface area contributed by atoms with Crippen molar-refractivity contribution < 1.29 is 9.72 Å². The molecule has 7 heteroatoms. The van der Waals surface area contributed by atoms with E-state index in [2.05, 4.69) is 21.5 Å². The summed E-state index contributed by atoms with van der Waals surface area (Å²) in [6.07, 6.45) is 3.52. The van der Waals surface area contributed by atoms with Gasteiger partial charge >= 0.3 is 0 Å². The Morgan fingerprint density at radius 3 is 2.76 bits per heavy atom. The molecule has 128 valence electrons. The van der Waals surface area contributed by atoms with E-state index in [0.29, 0.717) is 5.56 Å². The van der Waals surface area contributed by atoms with Gasteiger partial charge in [-0.15, -0.1) is 0 Å². The number of amides is 1. The van der Waals surface area contributed by atoms with Crippen molar-refractivity contribution in [2.75, 3.05) is 18.0 Å². The van der Waals surface area contributed by atoms with Crippen LogP contribution in [0.1, 0.15) is 17.5 Å². The van der Waals surface area contributed by atoms with E-state index >= 15 is 0 Å². The first-order valence-electron chi connectivity index (χ1n) is 8.03. The van der Waals surface area contributed by atoms with Gasteiger partial charge in [-0.2, -0.15) is 5.10 Å². The molecular formula is C18H18N4O3. The number of nitrogens with zero attached hydrogens (tertiary/aromatic N) is 3. The predicted molar refractivity (Wildman–Crippen MR) is 95.8 cm³/mol. The summed E-state index contributed by atoms with van der Waals surface area (Å²) in [6.45, 7) is 1.09. The first kappa shape index (κ1) is 16.6. The summed E-state index contributed by atoms with van der Waals surface area (Å²) in [5, 5.41) is 14.5. The second kappa shape index (κ2) is 7.57. The molecule has 1 N–H and O–H groups in total. The van der Waals surface area contributed by atoms with Gasteiger partial charge in [0.15, 0.2) is 0 Å². The number of hydrogen-bond acceptors (Lipinski definition) is 5. The van der Waals surface area contributed by atoms with Crippen molar-refractivity contribution in [1.82, 2.24) is 5.43 Å². The van der Waals surface area contributed by atoms with Gasteiger partial charge < -0.3 is 4.90 Å². The lowest BCUT2D eigenvalue weighted by Gasteiger charge is -2.30. The number of anilines is 1. The molecule has 0 bridgehead atoms. The Kier molecular flexibility index (Phi) is 5.03. The standard InChI is InChI=1S/C18H18N4O3/c23-18(13-21-11-3-5-15-4-1-2-6-17(15)21)20-19-12-14-7-9-16(10-8-14)22(24)25/h1-2,4,6-10,12H,3,5,11,13H2,(H,20,23)/b19-12-. The zero-order valence-corrected chi connectivity index (χ0v) is 13.6. The lowest BCUT2D eigenvalue weighted by molar-refractivity contribution is -0.384. The minimum Gasteiger partial charge on any atom is -0.362 e. The number of hydrogen-bond donors (Lipinski definition) is 1. The molecule has 7 nitrogen and oxygen atoms in total. The highest BCUT2D eigenvalue weighted by Crippen LogP contribution is 2.26. The fourth-order valence-electron chi connectivity index (χ4n) is 2.85. The van der Waals surface area contributed by atoms with Crippen molar-refractivity contribution >= 4 is 23.5 Å². The number of nitro benzene ring substituents is 1. The zero-order chi connectivity index (χ0) is 17.6. The first-order chi connectivity index (χ1) is 12.1. The van der Waals surface area contributed by atoms with Gasteiger partial charge in [0.2, 0.25) is 0 Å². The molecule has 0 fully saturated rings. The van der Waals surface area contributed by atoms with Crippen LogP contribution in [0.3, 0.4) is 0 Å². The van der Waals surface area contributed by atoms with Crippen LogP contribution in [0.4, 0.5) is 11.4 Å². The lowest BCUT2D eigenvalue weighted by atomic mass is 10.0. The Balaban J connectivity index is 1.56. The summed E-state index contributed by atoms with van der Waals surface area (Å²) in [5.74, 6) is -0.199. The molecule has 1 heterocycles. The van der Waals surface area contributed by atoms with E-state index in [1.807, 2.05) is 18.2 Å². The summed E-state index contributed by atoms with van der Waals surface area (Å²) in [5.41, 5.74) is 5.56. The summed E-state index contributed by atoms with van der Waals surface area (Å²) < 4.78 is 0. The molecule has 1 amide bonds. The average Bonchev–Trinajstić information content (AvgIpc) is 2.62. The maximum Gasteiger partial charge on any atom is 0.269 e. The smallest absolute Gasteiger partial charge is 0.269 e. The third-order valence-electron chi connectivity index (χ3n) is 4.05. The monoisotopic (exact) mass is 338 g/mol. The fourth-order valence-corrected chi connectivity index (χ4v) is 2.85. The summed E-state index contributed by atoms with van der Waals surface area (Å²) in [7, 11) is 0. The number of hydrazone groups is 1. The largest absolute Gasteiger partial charge is 0.362 e. The van der Waals surface area contributed by atoms with Crippen molar-refractivity contribution in [2.24, 2.45) is 5.10 Å². The summed E-state index contributed by atoms with van der Waals surface area (Å²) in [6, 6.07) is 14.1. The van der Waals surface area contributed by atoms with Crippen LogP contribution in [-0.4, -0.2) is 30.1 Å². The number of nitrogens with one attached hydrogen (secondary N) is 1. The molecule has 2 aromatic rings. The first-order valence-corrected chi connectivity index (χ1v) is 8.03. The van der Waals surface area contributed by atoms with Crippen LogP contribution in [0.2, 0.25) is 0 Å². The maximum absolute atomic E-state index is 12.1. The van der Waals surface area contributed by atoms with Crippen molar-refractivity contribution in [1.29, 1.82) is 0 Å². The average molecular weight is 338 g/mol. The van der Waals surface area contributed by atoms with E-state index in [1.54, 1.807) is 12.1 Å². The highest BCUT2D eigenvalue weighted by molar-refractivity contribution is 5.85. The Bertz CT molecular complexity index is 802. The molecule has 1 aliphatic heterocycles. The van der Waals surface area contributed by atoms with Crippen LogP contribution in [0.25, 0.3) is 0 Å². The highest BCUT2D eigenvalue weighted by atomic mass is 16.6. The van der Waals surface area contributed by atoms with Crippen molar-refractivity contribution in [3.63, 3.8) is 0 Å². The molecular weight excluding hydrogens is 320 g/mol. The van der Waals surface area contributed by atoms with Crippen molar-refractivity contribution in [2.45, 2.75) is 12.8 Å². The number of para-hydroxylation sites is 1. The second-order valence-electron chi connectivity index (χ2n) is 5.80. The minimum absolute atomic E-state index is 0.0185. The number of aryl methyl sites for hydroxylation is 1. The quantitative estimate of drug-likeness (QED) is 0.515. The number of rotatable bonds is 5. The molecule has 0 radical (unpaired) electrons. The van der Waals surface area contributed by atoms with Crippen molar-refractivity contribution in [3.05, 3.63) is 69.8 Å². The predicted octanol–water partition coefficient (Wildman–Crippen LogP) is 2.50. The van der Waals surface area contributed by atoms with Crippen LogP contribution in [0.15, 0.2) is 53.6 Å². The number of benzene rings is 2. The minimum atomic E-state index is -0.459. The van der Waals surface area contributed by atoms with E-state index in [1.165, 1.54) is 23.9 Å². The molecule has 0 aliphatic carbocycles. The molecule has 0 saturated carbocycles. The maximum atomic E-state index is 12.1. The molecule has 0 saturated heterocycles. The molecule has 0 spiro atoms. The molecule has 0 aromatic heterocycles. The molecule has 3 rings (SSSR count). The fraction of sp³-hybridized carbons (Fsp3) is 0.222. The van der Waals surface area contributed by atoms with Gasteiger partial charge in [-0.1, -0.05) is 18.2 Å². The van der Waals surface area contributed by atoms with Crippen LogP contribution in [0.5, 0.6) is 0 Å². The van der Waals surface area contributed by atoms with Crippen LogP contribution in [0, 0.1) is 10.1 Å². The Morgan fingerprint density at radius 1 is 1.24 bits per heavy atom. The van der Waals surface area contributed by atoms with E-state index in [4.69, 9.17) is 0 Å². The number of carbonyl (C=O) groups is 1. The molecule has 2 aromatic carbocycles. The Labute approximate surface area is 145 Å². The number of carbonyl (C=O) groups excluding carboxylic acids is 1.